The summed E-state index contributed by atoms with van der Waals surface area (Å²) in [7, 11) is 0. The summed E-state index contributed by atoms with van der Waals surface area (Å²) in [4.78, 5) is 17.4. The van der Waals surface area contributed by atoms with Crippen molar-refractivity contribution in [2.24, 2.45) is 5.10 Å². The highest BCUT2D eigenvalue weighted by Crippen LogP contribution is 2.29. The molecule has 0 atom stereocenters. The molecule has 4 aromatic rings. The number of nitrogens with one attached hydrogen (secondary N) is 1. The van der Waals surface area contributed by atoms with Crippen LogP contribution in [0.1, 0.15) is 23.0 Å². The van der Waals surface area contributed by atoms with Crippen molar-refractivity contribution >= 4 is 28.8 Å². The van der Waals surface area contributed by atoms with Crippen LogP contribution in [0.5, 0.6) is 0 Å². The number of anilines is 1. The Morgan fingerprint density at radius 2 is 2.11 bits per heavy atom. The van der Waals surface area contributed by atoms with E-state index in [-0.39, 0.29) is 17.3 Å². The largest absolute Gasteiger partial charge is 0.378 e. The van der Waals surface area contributed by atoms with Gasteiger partial charge < -0.3 is 5.73 Å². The van der Waals surface area contributed by atoms with Gasteiger partial charge in [0.15, 0.2) is 5.69 Å². The van der Waals surface area contributed by atoms with Crippen molar-refractivity contribution < 1.29 is 9.42 Å². The molecule has 0 saturated heterocycles. The summed E-state index contributed by atoms with van der Waals surface area (Å²) < 4.78 is 5.94. The van der Waals surface area contributed by atoms with Crippen molar-refractivity contribution in [1.82, 2.24) is 35.7 Å². The molecule has 12 heteroatoms. The van der Waals surface area contributed by atoms with Gasteiger partial charge in [0.1, 0.15) is 5.69 Å². The van der Waals surface area contributed by atoms with Gasteiger partial charge in [-0.25, -0.2) is 10.1 Å². The van der Waals surface area contributed by atoms with E-state index in [1.165, 1.54) is 16.0 Å². The van der Waals surface area contributed by atoms with Crippen LogP contribution in [0.4, 0.5) is 5.82 Å². The average molecular weight is 395 g/mol. The third kappa shape index (κ3) is 3.23. The second-order valence-corrected chi connectivity index (χ2v) is 6.47. The molecule has 4 aromatic heterocycles. The van der Waals surface area contributed by atoms with E-state index in [1.807, 2.05) is 17.5 Å². The fraction of sp³-hybridized carbons (Fsp3) is 0.0625. The van der Waals surface area contributed by atoms with E-state index < -0.39 is 5.91 Å². The van der Waals surface area contributed by atoms with Gasteiger partial charge in [0.25, 0.3) is 5.91 Å². The monoisotopic (exact) mass is 395 g/mol. The summed E-state index contributed by atoms with van der Waals surface area (Å²) in [6.45, 7) is 1.77. The Hall–Kier alpha value is -3.93. The van der Waals surface area contributed by atoms with Crippen molar-refractivity contribution in [3.63, 3.8) is 0 Å². The van der Waals surface area contributed by atoms with Gasteiger partial charge in [-0.3, -0.25) is 9.78 Å². The zero-order valence-electron chi connectivity index (χ0n) is 14.5. The molecule has 0 spiro atoms. The van der Waals surface area contributed by atoms with Crippen LogP contribution < -0.4 is 11.2 Å². The number of carbonyl (C=O) groups excluding carboxylic acids is 1. The molecule has 28 heavy (non-hydrogen) atoms. The van der Waals surface area contributed by atoms with E-state index in [4.69, 9.17) is 5.73 Å². The van der Waals surface area contributed by atoms with Gasteiger partial charge in [0, 0.05) is 18.0 Å². The molecule has 0 unspecified atom stereocenters. The van der Waals surface area contributed by atoms with Crippen LogP contribution in [0, 0.1) is 0 Å². The molecule has 0 aromatic carbocycles. The Morgan fingerprint density at radius 3 is 2.79 bits per heavy atom. The molecule has 140 valence electrons. The third-order valence-corrected chi connectivity index (χ3v) is 4.64. The maximum absolute atomic E-state index is 12.7. The lowest BCUT2D eigenvalue weighted by Gasteiger charge is -2.04. The average Bonchev–Trinajstić information content (AvgIpc) is 3.46. The number of hydrazone groups is 1. The van der Waals surface area contributed by atoms with E-state index in [2.05, 4.69) is 40.8 Å². The lowest BCUT2D eigenvalue weighted by molar-refractivity contribution is 0.0950. The van der Waals surface area contributed by atoms with Gasteiger partial charge in [0.05, 0.1) is 10.6 Å². The molecule has 3 N–H and O–H groups in total. The Labute approximate surface area is 161 Å². The number of hydrogen-bond donors (Lipinski definition) is 2. The Morgan fingerprint density at radius 1 is 1.29 bits per heavy atom. The SMILES string of the molecule is CC(=NNC(=O)c1nnn(-c2nonc2N)c1-c1cccs1)c1ccncc1. The van der Waals surface area contributed by atoms with Crippen LogP contribution in [0.2, 0.25) is 0 Å². The summed E-state index contributed by atoms with van der Waals surface area (Å²) in [5, 5.41) is 21.2. The number of hydrogen-bond acceptors (Lipinski definition) is 10. The van der Waals surface area contributed by atoms with Crippen LogP contribution in [0.3, 0.4) is 0 Å². The van der Waals surface area contributed by atoms with Gasteiger partial charge in [-0.2, -0.15) is 9.78 Å². The van der Waals surface area contributed by atoms with E-state index in [0.717, 1.165) is 10.4 Å². The Bertz CT molecular complexity index is 1130. The van der Waals surface area contributed by atoms with Crippen molar-refractivity contribution in [3.8, 4) is 16.4 Å². The van der Waals surface area contributed by atoms with Gasteiger partial charge >= 0.3 is 0 Å². The number of rotatable bonds is 5. The summed E-state index contributed by atoms with van der Waals surface area (Å²) in [5.41, 5.74) is 10.2. The number of pyridine rings is 1. The second-order valence-electron chi connectivity index (χ2n) is 5.52. The lowest BCUT2D eigenvalue weighted by Crippen LogP contribution is -2.20. The van der Waals surface area contributed by atoms with Crippen LogP contribution in [-0.4, -0.2) is 41.9 Å². The van der Waals surface area contributed by atoms with Gasteiger partial charge in [-0.15, -0.1) is 16.4 Å². The summed E-state index contributed by atoms with van der Waals surface area (Å²) in [6, 6.07) is 7.25. The van der Waals surface area contributed by atoms with Crippen molar-refractivity contribution in [2.75, 3.05) is 5.73 Å². The highest BCUT2D eigenvalue weighted by molar-refractivity contribution is 7.13. The molecule has 11 nitrogen and oxygen atoms in total. The molecular formula is C16H13N9O2S. The number of thiophene rings is 1. The summed E-state index contributed by atoms with van der Waals surface area (Å²) in [6.07, 6.45) is 3.29. The van der Waals surface area contributed by atoms with E-state index >= 15 is 0 Å². The summed E-state index contributed by atoms with van der Waals surface area (Å²) in [5.74, 6) is -0.356. The quantitative estimate of drug-likeness (QED) is 0.381. The first-order valence-corrected chi connectivity index (χ1v) is 8.86. The molecule has 4 heterocycles. The molecule has 0 aliphatic rings. The first-order valence-electron chi connectivity index (χ1n) is 7.98. The maximum Gasteiger partial charge on any atom is 0.294 e. The minimum Gasteiger partial charge on any atom is -0.378 e. The molecule has 0 bridgehead atoms. The van der Waals surface area contributed by atoms with E-state index in [1.54, 1.807) is 31.5 Å². The van der Waals surface area contributed by atoms with Crippen molar-refractivity contribution in [2.45, 2.75) is 6.92 Å². The van der Waals surface area contributed by atoms with Crippen LogP contribution in [0.25, 0.3) is 16.4 Å². The second kappa shape index (κ2) is 7.36. The predicted octanol–water partition coefficient (Wildman–Crippen LogP) is 1.51. The van der Waals surface area contributed by atoms with Crippen molar-refractivity contribution in [3.05, 3.63) is 53.3 Å². The number of nitrogens with two attached hydrogens (primary N) is 1. The summed E-state index contributed by atoms with van der Waals surface area (Å²) >= 11 is 1.41. The topological polar surface area (TPSA) is 150 Å². The first-order chi connectivity index (χ1) is 13.6. The fourth-order valence-electron chi connectivity index (χ4n) is 2.40. The number of amides is 1. The third-order valence-electron chi connectivity index (χ3n) is 3.76. The highest BCUT2D eigenvalue weighted by Gasteiger charge is 2.25. The van der Waals surface area contributed by atoms with Gasteiger partial charge in [-0.1, -0.05) is 11.3 Å². The molecular weight excluding hydrogens is 382 g/mol. The number of nitrogen functional groups attached to an aromatic ring is 1. The normalized spacial score (nSPS) is 11.5. The highest BCUT2D eigenvalue weighted by atomic mass is 32.1. The molecule has 0 aliphatic carbocycles. The minimum atomic E-state index is -0.530. The van der Waals surface area contributed by atoms with E-state index in [9.17, 15) is 4.79 Å². The molecule has 1 amide bonds. The van der Waals surface area contributed by atoms with Crippen LogP contribution in [-0.2, 0) is 0 Å². The number of nitrogens with zero attached hydrogens (tertiary/aromatic N) is 7. The predicted molar refractivity (Wildman–Crippen MR) is 101 cm³/mol. The maximum atomic E-state index is 12.7. The minimum absolute atomic E-state index is 0.0289. The lowest BCUT2D eigenvalue weighted by atomic mass is 10.2. The fourth-order valence-corrected chi connectivity index (χ4v) is 3.16. The molecule has 0 fully saturated rings. The smallest absolute Gasteiger partial charge is 0.294 e. The Balaban J connectivity index is 1.69. The Kier molecular flexibility index (Phi) is 4.60. The standard InChI is InChI=1S/C16H13N9O2S/c1-9(10-4-6-18-7-5-10)19-21-16(26)12-13(11-3-2-8-28-11)25(24-20-12)15-14(17)22-27-23-15/h2-8H,1H3,(H2,17,22)(H,21,26). The van der Waals surface area contributed by atoms with Gasteiger partial charge in [-0.05, 0) is 40.8 Å². The van der Waals surface area contributed by atoms with Gasteiger partial charge in [0.2, 0.25) is 11.6 Å². The zero-order valence-corrected chi connectivity index (χ0v) is 15.3. The van der Waals surface area contributed by atoms with E-state index in [0.29, 0.717) is 11.4 Å². The molecule has 0 radical (unpaired) electrons. The number of aromatic nitrogens is 6. The first kappa shape index (κ1) is 17.5. The molecule has 4 rings (SSSR count). The van der Waals surface area contributed by atoms with Crippen LogP contribution in [0.15, 0.2) is 51.8 Å². The van der Waals surface area contributed by atoms with Crippen LogP contribution >= 0.6 is 11.3 Å². The number of carbonyl (C=O) groups is 1. The zero-order chi connectivity index (χ0) is 19.5. The van der Waals surface area contributed by atoms with Crippen molar-refractivity contribution in [1.29, 1.82) is 0 Å². The molecule has 0 saturated carbocycles. The molecule has 0 aliphatic heterocycles.